The fourth-order valence-corrected chi connectivity index (χ4v) is 1.77. The van der Waals surface area contributed by atoms with E-state index in [9.17, 15) is 0 Å². The summed E-state index contributed by atoms with van der Waals surface area (Å²) in [6.07, 6.45) is 3.72. The largest absolute Gasteiger partial charge is 0.496 e. The van der Waals surface area contributed by atoms with Crippen molar-refractivity contribution in [2.75, 3.05) is 7.11 Å². The number of hydrogen-bond acceptors (Lipinski definition) is 2. The summed E-state index contributed by atoms with van der Waals surface area (Å²) in [4.78, 5) is 0. The quantitative estimate of drug-likeness (QED) is 0.855. The highest BCUT2D eigenvalue weighted by molar-refractivity contribution is 5.64. The first kappa shape index (κ1) is 10.7. The van der Waals surface area contributed by atoms with Crippen molar-refractivity contribution in [1.82, 2.24) is 10.2 Å². The Morgan fingerprint density at radius 1 is 1.25 bits per heavy atom. The van der Waals surface area contributed by atoms with Crippen LogP contribution < -0.4 is 4.74 Å². The minimum absolute atomic E-state index is 0.446. The second kappa shape index (κ2) is 4.39. The number of nitrogens with zero attached hydrogens (tertiary/aromatic N) is 1. The van der Waals surface area contributed by atoms with Crippen molar-refractivity contribution >= 4 is 0 Å². The lowest BCUT2D eigenvalue weighted by Crippen LogP contribution is -1.94. The van der Waals surface area contributed by atoms with Gasteiger partial charge in [-0.25, -0.2) is 0 Å². The van der Waals surface area contributed by atoms with Crippen LogP contribution >= 0.6 is 0 Å². The molecule has 0 bridgehead atoms. The van der Waals surface area contributed by atoms with Crippen LogP contribution in [0.4, 0.5) is 0 Å². The molecule has 16 heavy (non-hydrogen) atoms. The maximum atomic E-state index is 5.36. The van der Waals surface area contributed by atoms with Crippen molar-refractivity contribution in [1.29, 1.82) is 0 Å². The first-order chi connectivity index (χ1) is 7.72. The van der Waals surface area contributed by atoms with E-state index >= 15 is 0 Å². The van der Waals surface area contributed by atoms with E-state index in [0.717, 1.165) is 11.3 Å². The summed E-state index contributed by atoms with van der Waals surface area (Å²) in [5.41, 5.74) is 3.49. The lowest BCUT2D eigenvalue weighted by Gasteiger charge is -2.12. The van der Waals surface area contributed by atoms with Crippen LogP contribution in [0.1, 0.15) is 25.3 Å². The minimum Gasteiger partial charge on any atom is -0.496 e. The molecule has 0 spiro atoms. The molecule has 3 heteroatoms. The van der Waals surface area contributed by atoms with Gasteiger partial charge in [-0.05, 0) is 29.2 Å². The minimum atomic E-state index is 0.446. The van der Waals surface area contributed by atoms with Gasteiger partial charge in [0.15, 0.2) is 0 Å². The molecular weight excluding hydrogens is 200 g/mol. The Balaban J connectivity index is 2.47. The van der Waals surface area contributed by atoms with E-state index in [4.69, 9.17) is 4.74 Å². The number of rotatable bonds is 3. The van der Waals surface area contributed by atoms with Crippen LogP contribution in [-0.4, -0.2) is 17.3 Å². The zero-order chi connectivity index (χ0) is 11.5. The second-order valence-corrected chi connectivity index (χ2v) is 4.10. The van der Waals surface area contributed by atoms with Gasteiger partial charge in [0.25, 0.3) is 0 Å². The van der Waals surface area contributed by atoms with Crippen LogP contribution in [0.3, 0.4) is 0 Å². The Bertz CT molecular complexity index is 461. The molecule has 2 rings (SSSR count). The zero-order valence-electron chi connectivity index (χ0n) is 9.82. The number of H-pyrrole nitrogens is 1. The van der Waals surface area contributed by atoms with Crippen molar-refractivity contribution < 1.29 is 4.74 Å². The van der Waals surface area contributed by atoms with E-state index in [-0.39, 0.29) is 0 Å². The van der Waals surface area contributed by atoms with E-state index in [0.29, 0.717) is 5.92 Å². The Labute approximate surface area is 95.5 Å². The summed E-state index contributed by atoms with van der Waals surface area (Å²) >= 11 is 0. The summed E-state index contributed by atoms with van der Waals surface area (Å²) in [7, 11) is 1.71. The van der Waals surface area contributed by atoms with Gasteiger partial charge in [-0.2, -0.15) is 5.10 Å². The molecule has 1 N–H and O–H groups in total. The molecule has 0 aliphatic carbocycles. The third kappa shape index (κ3) is 1.94. The van der Waals surface area contributed by atoms with E-state index in [1.165, 1.54) is 11.1 Å². The van der Waals surface area contributed by atoms with Crippen LogP contribution in [0.2, 0.25) is 0 Å². The highest BCUT2D eigenvalue weighted by Crippen LogP contribution is 2.30. The molecule has 0 amide bonds. The third-order valence-electron chi connectivity index (χ3n) is 2.68. The highest BCUT2D eigenvalue weighted by atomic mass is 16.5. The SMILES string of the molecule is COc1ccc(-c2cn[nH]c2)cc1C(C)C. The number of benzene rings is 1. The smallest absolute Gasteiger partial charge is 0.122 e. The number of nitrogens with one attached hydrogen (secondary N) is 1. The summed E-state index contributed by atoms with van der Waals surface area (Å²) in [5.74, 6) is 1.39. The Hall–Kier alpha value is -1.77. The summed E-state index contributed by atoms with van der Waals surface area (Å²) in [5, 5.41) is 6.78. The molecule has 1 aromatic carbocycles. The van der Waals surface area contributed by atoms with E-state index < -0.39 is 0 Å². The van der Waals surface area contributed by atoms with Gasteiger partial charge in [-0.1, -0.05) is 19.9 Å². The van der Waals surface area contributed by atoms with Crippen molar-refractivity contribution in [3.63, 3.8) is 0 Å². The lowest BCUT2D eigenvalue weighted by molar-refractivity contribution is 0.407. The molecular formula is C13H16N2O. The average molecular weight is 216 g/mol. The Morgan fingerprint density at radius 3 is 2.62 bits per heavy atom. The topological polar surface area (TPSA) is 37.9 Å². The van der Waals surface area contributed by atoms with Crippen molar-refractivity contribution in [2.45, 2.75) is 19.8 Å². The Morgan fingerprint density at radius 2 is 2.06 bits per heavy atom. The molecule has 1 heterocycles. The normalized spacial score (nSPS) is 10.8. The van der Waals surface area contributed by atoms with Gasteiger partial charge in [0.05, 0.1) is 13.3 Å². The molecule has 1 aromatic heterocycles. The molecule has 0 aliphatic rings. The molecule has 0 aliphatic heterocycles. The van der Waals surface area contributed by atoms with Gasteiger partial charge in [0.2, 0.25) is 0 Å². The van der Waals surface area contributed by atoms with Gasteiger partial charge in [0.1, 0.15) is 5.75 Å². The monoisotopic (exact) mass is 216 g/mol. The second-order valence-electron chi connectivity index (χ2n) is 4.10. The summed E-state index contributed by atoms with van der Waals surface area (Å²) in [6, 6.07) is 6.22. The van der Waals surface area contributed by atoms with Crippen LogP contribution in [0.25, 0.3) is 11.1 Å². The summed E-state index contributed by atoms with van der Waals surface area (Å²) in [6.45, 7) is 4.33. The molecule has 0 radical (unpaired) electrons. The number of methoxy groups -OCH3 is 1. The van der Waals surface area contributed by atoms with Gasteiger partial charge in [0, 0.05) is 11.8 Å². The van der Waals surface area contributed by atoms with Crippen molar-refractivity contribution in [2.24, 2.45) is 0 Å². The molecule has 84 valence electrons. The molecule has 0 saturated carbocycles. The molecule has 0 unspecified atom stereocenters. The maximum absolute atomic E-state index is 5.36. The molecule has 2 aromatic rings. The standard InChI is InChI=1S/C13H16N2O/c1-9(2)12-6-10(4-5-13(12)16-3)11-7-14-15-8-11/h4-9H,1-3H3,(H,14,15). The van der Waals surface area contributed by atoms with E-state index in [2.05, 4.69) is 36.2 Å². The fourth-order valence-electron chi connectivity index (χ4n) is 1.77. The Kier molecular flexibility index (Phi) is 2.95. The third-order valence-corrected chi connectivity index (χ3v) is 2.68. The maximum Gasteiger partial charge on any atom is 0.122 e. The first-order valence-electron chi connectivity index (χ1n) is 5.39. The number of hydrogen-bond donors (Lipinski definition) is 1. The molecule has 0 atom stereocenters. The van der Waals surface area contributed by atoms with Crippen molar-refractivity contribution in [3.8, 4) is 16.9 Å². The van der Waals surface area contributed by atoms with Gasteiger partial charge in [-0.15, -0.1) is 0 Å². The van der Waals surface area contributed by atoms with Crippen LogP contribution in [0.15, 0.2) is 30.6 Å². The summed E-state index contributed by atoms with van der Waals surface area (Å²) < 4.78 is 5.36. The lowest BCUT2D eigenvalue weighted by atomic mass is 9.97. The number of aromatic amines is 1. The first-order valence-corrected chi connectivity index (χ1v) is 5.39. The average Bonchev–Trinajstić information content (AvgIpc) is 2.81. The van der Waals surface area contributed by atoms with Crippen LogP contribution in [0, 0.1) is 0 Å². The van der Waals surface area contributed by atoms with Gasteiger partial charge < -0.3 is 4.74 Å². The molecule has 0 fully saturated rings. The highest BCUT2D eigenvalue weighted by Gasteiger charge is 2.09. The predicted octanol–water partition coefficient (Wildman–Crippen LogP) is 3.21. The van der Waals surface area contributed by atoms with E-state index in [1.54, 1.807) is 7.11 Å². The van der Waals surface area contributed by atoms with Crippen LogP contribution in [-0.2, 0) is 0 Å². The molecule has 0 saturated heterocycles. The van der Waals surface area contributed by atoms with Gasteiger partial charge >= 0.3 is 0 Å². The number of ether oxygens (including phenoxy) is 1. The van der Waals surface area contributed by atoms with E-state index in [1.807, 2.05) is 18.5 Å². The zero-order valence-corrected chi connectivity index (χ0v) is 9.82. The fraction of sp³-hybridized carbons (Fsp3) is 0.308. The van der Waals surface area contributed by atoms with Crippen LogP contribution in [0.5, 0.6) is 5.75 Å². The molecule has 3 nitrogen and oxygen atoms in total. The van der Waals surface area contributed by atoms with Gasteiger partial charge in [-0.3, -0.25) is 5.10 Å². The van der Waals surface area contributed by atoms with Crippen molar-refractivity contribution in [3.05, 3.63) is 36.2 Å². The predicted molar refractivity (Wildman–Crippen MR) is 64.7 cm³/mol. The number of aromatic nitrogens is 2.